The number of para-hydroxylation sites is 1. The zero-order chi connectivity index (χ0) is 14.1. The number of fused-ring (bicyclic) bond motifs is 1. The van der Waals surface area contributed by atoms with E-state index in [1.807, 2.05) is 12.1 Å². The van der Waals surface area contributed by atoms with Crippen LogP contribution in [0.3, 0.4) is 0 Å². The molecule has 1 saturated heterocycles. The number of benzene rings is 1. The Kier molecular flexibility index (Phi) is 3.46. The normalized spacial score (nSPS) is 19.8. The highest BCUT2D eigenvalue weighted by atomic mass is 16.5. The highest BCUT2D eigenvalue weighted by Gasteiger charge is 2.26. The fourth-order valence-electron chi connectivity index (χ4n) is 2.78. The summed E-state index contributed by atoms with van der Waals surface area (Å²) in [4.78, 5) is 13.7. The first kappa shape index (κ1) is 13.1. The first-order valence-corrected chi connectivity index (χ1v) is 6.68. The van der Waals surface area contributed by atoms with Gasteiger partial charge in [-0.3, -0.25) is 4.90 Å². The molecule has 0 radical (unpaired) electrons. The lowest BCUT2D eigenvalue weighted by molar-refractivity contribution is 0.0694. The molecule has 0 spiro atoms. The maximum Gasteiger partial charge on any atom is 0.339 e. The van der Waals surface area contributed by atoms with Crippen molar-refractivity contribution in [1.29, 1.82) is 0 Å². The van der Waals surface area contributed by atoms with E-state index < -0.39 is 5.97 Å². The van der Waals surface area contributed by atoms with Crippen LogP contribution in [0.5, 0.6) is 0 Å². The monoisotopic (exact) mass is 275 g/mol. The summed E-state index contributed by atoms with van der Waals surface area (Å²) in [5.41, 5.74) is 0.906. The molecule has 0 amide bonds. The van der Waals surface area contributed by atoms with Crippen molar-refractivity contribution >= 4 is 16.9 Å². The van der Waals surface area contributed by atoms with Crippen molar-refractivity contribution in [2.24, 2.45) is 0 Å². The number of methoxy groups -OCH3 is 1. The molecule has 106 valence electrons. The van der Waals surface area contributed by atoms with Crippen LogP contribution in [0.2, 0.25) is 0 Å². The number of likely N-dealkylation sites (tertiary alicyclic amines) is 1. The molecule has 1 aromatic heterocycles. The molecule has 2 heterocycles. The lowest BCUT2D eigenvalue weighted by Gasteiger charge is -2.14. The largest absolute Gasteiger partial charge is 0.478 e. The minimum Gasteiger partial charge on any atom is -0.478 e. The number of aromatic carboxylic acids is 1. The second-order valence-corrected chi connectivity index (χ2v) is 5.08. The van der Waals surface area contributed by atoms with E-state index in [9.17, 15) is 9.90 Å². The second kappa shape index (κ2) is 5.26. The maximum absolute atomic E-state index is 11.5. The second-order valence-electron chi connectivity index (χ2n) is 5.08. The molecule has 1 atom stereocenters. The number of hydrogen-bond acceptors (Lipinski definition) is 4. The van der Waals surface area contributed by atoms with E-state index in [1.54, 1.807) is 19.2 Å². The Balaban J connectivity index is 1.91. The van der Waals surface area contributed by atoms with Gasteiger partial charge in [-0.15, -0.1) is 0 Å². The van der Waals surface area contributed by atoms with Gasteiger partial charge in [0.25, 0.3) is 0 Å². The Morgan fingerprint density at radius 1 is 1.50 bits per heavy atom. The van der Waals surface area contributed by atoms with Gasteiger partial charge in [0.1, 0.15) is 16.9 Å². The van der Waals surface area contributed by atoms with Crippen LogP contribution in [0.25, 0.3) is 11.0 Å². The fraction of sp³-hybridized carbons (Fsp3) is 0.400. The Hall–Kier alpha value is -1.85. The van der Waals surface area contributed by atoms with E-state index in [-0.39, 0.29) is 11.7 Å². The van der Waals surface area contributed by atoms with Crippen LogP contribution in [-0.2, 0) is 11.3 Å². The molecule has 0 aliphatic carbocycles. The molecule has 1 aliphatic rings. The zero-order valence-electron chi connectivity index (χ0n) is 11.3. The molecule has 1 fully saturated rings. The topological polar surface area (TPSA) is 62.9 Å². The Morgan fingerprint density at radius 3 is 3.00 bits per heavy atom. The number of furan rings is 1. The smallest absolute Gasteiger partial charge is 0.339 e. The van der Waals surface area contributed by atoms with Gasteiger partial charge in [-0.25, -0.2) is 4.79 Å². The van der Waals surface area contributed by atoms with E-state index in [2.05, 4.69) is 4.90 Å². The number of nitrogens with zero attached hydrogens (tertiary/aromatic N) is 1. The van der Waals surface area contributed by atoms with Gasteiger partial charge in [0.15, 0.2) is 0 Å². The lowest BCUT2D eigenvalue weighted by Crippen LogP contribution is -2.23. The predicted molar refractivity (Wildman–Crippen MR) is 73.9 cm³/mol. The van der Waals surface area contributed by atoms with Gasteiger partial charge in [0, 0.05) is 25.6 Å². The van der Waals surface area contributed by atoms with Gasteiger partial charge in [0.2, 0.25) is 0 Å². The molecule has 1 N–H and O–H groups in total. The van der Waals surface area contributed by atoms with Gasteiger partial charge in [-0.2, -0.15) is 0 Å². The molecule has 2 aromatic rings. The van der Waals surface area contributed by atoms with Crippen molar-refractivity contribution in [3.63, 3.8) is 0 Å². The van der Waals surface area contributed by atoms with Crippen molar-refractivity contribution in [2.75, 3.05) is 20.2 Å². The fourth-order valence-corrected chi connectivity index (χ4v) is 2.78. The number of carboxylic acids is 1. The molecule has 0 saturated carbocycles. The Morgan fingerprint density at radius 2 is 2.30 bits per heavy atom. The van der Waals surface area contributed by atoms with Crippen molar-refractivity contribution in [2.45, 2.75) is 19.1 Å². The molecular weight excluding hydrogens is 258 g/mol. The number of hydrogen-bond donors (Lipinski definition) is 1. The van der Waals surface area contributed by atoms with Crippen LogP contribution in [0.1, 0.15) is 22.5 Å². The summed E-state index contributed by atoms with van der Waals surface area (Å²) in [6, 6.07) is 7.25. The minimum absolute atomic E-state index is 0.229. The molecule has 3 rings (SSSR count). The molecule has 20 heavy (non-hydrogen) atoms. The summed E-state index contributed by atoms with van der Waals surface area (Å²) in [7, 11) is 1.71. The summed E-state index contributed by atoms with van der Waals surface area (Å²) >= 11 is 0. The Bertz CT molecular complexity index is 634. The highest BCUT2D eigenvalue weighted by Crippen LogP contribution is 2.28. The lowest BCUT2D eigenvalue weighted by atomic mass is 10.1. The van der Waals surface area contributed by atoms with Gasteiger partial charge in [-0.05, 0) is 12.5 Å². The number of carboxylic acid groups (broad SMARTS) is 1. The van der Waals surface area contributed by atoms with Crippen molar-refractivity contribution in [3.8, 4) is 0 Å². The Labute approximate surface area is 116 Å². The van der Waals surface area contributed by atoms with E-state index >= 15 is 0 Å². The summed E-state index contributed by atoms with van der Waals surface area (Å²) in [6.07, 6.45) is 1.20. The van der Waals surface area contributed by atoms with Gasteiger partial charge >= 0.3 is 5.97 Å². The molecule has 1 aliphatic heterocycles. The van der Waals surface area contributed by atoms with Crippen LogP contribution >= 0.6 is 0 Å². The van der Waals surface area contributed by atoms with Gasteiger partial charge < -0.3 is 14.3 Å². The van der Waals surface area contributed by atoms with E-state index in [0.717, 1.165) is 19.5 Å². The molecule has 5 nitrogen and oxygen atoms in total. The van der Waals surface area contributed by atoms with Crippen LogP contribution < -0.4 is 0 Å². The van der Waals surface area contributed by atoms with Crippen molar-refractivity contribution in [3.05, 3.63) is 35.6 Å². The van der Waals surface area contributed by atoms with Crippen molar-refractivity contribution < 1.29 is 19.1 Å². The summed E-state index contributed by atoms with van der Waals surface area (Å²) < 4.78 is 11.1. The predicted octanol–water partition coefficient (Wildman–Crippen LogP) is 2.35. The third-order valence-electron chi connectivity index (χ3n) is 3.81. The molecule has 5 heteroatoms. The van der Waals surface area contributed by atoms with E-state index in [1.165, 1.54) is 0 Å². The quantitative estimate of drug-likeness (QED) is 0.928. The van der Waals surface area contributed by atoms with E-state index in [0.29, 0.717) is 23.3 Å². The van der Waals surface area contributed by atoms with Gasteiger partial charge in [0.05, 0.1) is 12.6 Å². The van der Waals surface area contributed by atoms with Crippen LogP contribution in [0.15, 0.2) is 28.7 Å². The van der Waals surface area contributed by atoms with Crippen LogP contribution in [0, 0.1) is 0 Å². The number of rotatable bonds is 4. The summed E-state index contributed by atoms with van der Waals surface area (Å²) in [6.45, 7) is 2.22. The van der Waals surface area contributed by atoms with Crippen molar-refractivity contribution in [1.82, 2.24) is 4.90 Å². The average Bonchev–Trinajstić information content (AvgIpc) is 3.02. The van der Waals surface area contributed by atoms with Gasteiger partial charge in [-0.1, -0.05) is 18.2 Å². The summed E-state index contributed by atoms with van der Waals surface area (Å²) in [5, 5.41) is 10.1. The molecular formula is C15H17NO4. The highest BCUT2D eigenvalue weighted by molar-refractivity contribution is 6.03. The summed E-state index contributed by atoms with van der Waals surface area (Å²) in [5.74, 6) is -0.414. The maximum atomic E-state index is 11.5. The van der Waals surface area contributed by atoms with Crippen LogP contribution in [-0.4, -0.2) is 42.3 Å². The third-order valence-corrected chi connectivity index (χ3v) is 3.81. The molecule has 1 unspecified atom stereocenters. The van der Waals surface area contributed by atoms with Crippen LogP contribution in [0.4, 0.5) is 0 Å². The first-order chi connectivity index (χ1) is 9.69. The van der Waals surface area contributed by atoms with E-state index in [4.69, 9.17) is 9.15 Å². The standard InChI is InChI=1S/C15H17NO4/c1-19-10-6-7-16(8-10)9-13-14(15(17)18)11-4-2-3-5-12(11)20-13/h2-5,10H,6-9H2,1H3,(H,17,18). The molecule has 0 bridgehead atoms. The number of ether oxygens (including phenoxy) is 1. The first-order valence-electron chi connectivity index (χ1n) is 6.68. The minimum atomic E-state index is -0.938. The third kappa shape index (κ3) is 2.30. The SMILES string of the molecule is COC1CCN(Cc2oc3ccccc3c2C(=O)O)C1. The zero-order valence-corrected chi connectivity index (χ0v) is 11.3. The number of carbonyl (C=O) groups is 1. The average molecular weight is 275 g/mol. The molecule has 1 aromatic carbocycles.